The minimum Gasteiger partial charge on any atom is -0.480 e. The number of hydrogen-bond acceptors (Lipinski definition) is 7. The highest BCUT2D eigenvalue weighted by atomic mass is 16.6. The molecule has 0 saturated heterocycles. The van der Waals surface area contributed by atoms with E-state index in [-0.39, 0.29) is 23.4 Å². The lowest BCUT2D eigenvalue weighted by Crippen LogP contribution is -2.55. The third-order valence-electron chi connectivity index (χ3n) is 10.8. The zero-order valence-electron chi connectivity index (χ0n) is 24.6. The molecule has 4 rings (SSSR count). The molecule has 0 unspecified atom stereocenters. The largest absolute Gasteiger partial charge is 0.480 e. The summed E-state index contributed by atoms with van der Waals surface area (Å²) >= 11 is 0. The van der Waals surface area contributed by atoms with Crippen LogP contribution < -0.4 is 10.6 Å². The third-order valence-corrected chi connectivity index (χ3v) is 10.8. The highest BCUT2D eigenvalue weighted by Crippen LogP contribution is 2.67. The Morgan fingerprint density at radius 2 is 1.83 bits per heavy atom. The second-order valence-electron chi connectivity index (χ2n) is 13.2. The van der Waals surface area contributed by atoms with Crippen molar-refractivity contribution in [3.8, 4) is 12.3 Å². The van der Waals surface area contributed by atoms with Gasteiger partial charge in [-0.25, -0.2) is 4.79 Å². The van der Waals surface area contributed by atoms with Crippen LogP contribution in [-0.2, 0) is 19.2 Å². The first-order chi connectivity index (χ1) is 19.3. The van der Waals surface area contributed by atoms with Gasteiger partial charge in [0.2, 0.25) is 5.91 Å². The van der Waals surface area contributed by atoms with Crippen molar-refractivity contribution in [1.82, 2.24) is 10.6 Å². The number of fused-ring (bicyclic) bond motifs is 5. The van der Waals surface area contributed by atoms with Crippen LogP contribution in [0.5, 0.6) is 0 Å². The summed E-state index contributed by atoms with van der Waals surface area (Å²) in [6.45, 7) is 6.86. The summed E-state index contributed by atoms with van der Waals surface area (Å²) in [6, 6.07) is -2.44. The highest BCUT2D eigenvalue weighted by molar-refractivity contribution is 5.96. The van der Waals surface area contributed by atoms with Crippen molar-refractivity contribution in [2.24, 2.45) is 39.7 Å². The lowest BCUT2D eigenvalue weighted by molar-refractivity contribution is -0.143. The number of nitrogens with zero attached hydrogens (tertiary/aromatic N) is 1. The summed E-state index contributed by atoms with van der Waals surface area (Å²) in [4.78, 5) is 41.5. The number of amides is 2. The van der Waals surface area contributed by atoms with Gasteiger partial charge in [0, 0.05) is 5.41 Å². The zero-order chi connectivity index (χ0) is 30.2. The first-order valence-electron chi connectivity index (χ1n) is 14.8. The number of hydrogen-bond donors (Lipinski definition) is 5. The predicted molar refractivity (Wildman–Crippen MR) is 152 cm³/mol. The molecular formula is C31H45N3O7. The maximum atomic E-state index is 12.5. The number of carboxylic acid groups (broad SMARTS) is 1. The number of allylic oxidation sites excluding steroid dienone is 2. The Morgan fingerprint density at radius 1 is 1.12 bits per heavy atom. The molecule has 0 bridgehead atoms. The van der Waals surface area contributed by atoms with Gasteiger partial charge in [-0.1, -0.05) is 44.3 Å². The standard InChI is InChI=1S/C31H45N3O7/c1-6-31(40)14-11-23-21-8-7-19-15-20(9-12-29(19,4)22(21)10-13-30(23,31)5)34-41-17-25(36)33-26(18(2)3)27(37)32-24(16-35)28(38)39/h1,15,18,21-24,26,35,40H,7-14,16-17H2,2-5H3,(H,32,37)(H,33,36)(H,38,39)/b34-20-/t21-,22-,23-,24+,26+,29+,30+,31-/m1/s1. The lowest BCUT2D eigenvalue weighted by Gasteiger charge is -2.58. The first-order valence-corrected chi connectivity index (χ1v) is 14.8. The number of oxime groups is 1. The van der Waals surface area contributed by atoms with Gasteiger partial charge in [0.05, 0.1) is 12.3 Å². The Labute approximate surface area is 242 Å². The highest BCUT2D eigenvalue weighted by Gasteiger charge is 2.63. The molecule has 0 aliphatic heterocycles. The Morgan fingerprint density at radius 3 is 2.46 bits per heavy atom. The molecule has 10 nitrogen and oxygen atoms in total. The molecule has 41 heavy (non-hydrogen) atoms. The molecule has 5 N–H and O–H groups in total. The van der Waals surface area contributed by atoms with Gasteiger partial charge in [0.1, 0.15) is 17.7 Å². The number of aliphatic hydroxyl groups is 2. The topological polar surface area (TPSA) is 158 Å². The zero-order valence-corrected chi connectivity index (χ0v) is 24.6. The van der Waals surface area contributed by atoms with Crippen molar-refractivity contribution >= 4 is 23.5 Å². The van der Waals surface area contributed by atoms with E-state index in [1.165, 1.54) is 5.57 Å². The van der Waals surface area contributed by atoms with Crippen molar-refractivity contribution in [3.63, 3.8) is 0 Å². The second kappa shape index (κ2) is 11.8. The van der Waals surface area contributed by atoms with Crippen LogP contribution in [0.4, 0.5) is 0 Å². The minimum atomic E-state index is -1.45. The molecule has 0 aromatic carbocycles. The van der Waals surface area contributed by atoms with Crippen LogP contribution in [0.2, 0.25) is 0 Å². The number of carboxylic acids is 1. The molecule has 0 aromatic heterocycles. The van der Waals surface area contributed by atoms with Crippen LogP contribution in [0, 0.1) is 46.8 Å². The van der Waals surface area contributed by atoms with Crippen molar-refractivity contribution in [1.29, 1.82) is 0 Å². The number of nitrogens with one attached hydrogen (secondary N) is 2. The van der Waals surface area contributed by atoms with E-state index >= 15 is 0 Å². The molecule has 4 aliphatic carbocycles. The Balaban J connectivity index is 1.36. The Hall–Kier alpha value is -2.90. The van der Waals surface area contributed by atoms with Crippen LogP contribution in [-0.4, -0.2) is 69.7 Å². The number of aliphatic hydroxyl groups excluding tert-OH is 1. The smallest absolute Gasteiger partial charge is 0.328 e. The van der Waals surface area contributed by atoms with E-state index in [1.54, 1.807) is 13.8 Å². The normalized spacial score (nSPS) is 36.6. The Bertz CT molecular complexity index is 1160. The molecule has 2 amide bonds. The van der Waals surface area contributed by atoms with Gasteiger partial charge >= 0.3 is 5.97 Å². The quantitative estimate of drug-likeness (QED) is 0.210. The van der Waals surface area contributed by atoms with Gasteiger partial charge in [0.25, 0.3) is 5.91 Å². The maximum absolute atomic E-state index is 12.5. The number of carbonyl (C=O) groups excluding carboxylic acids is 2. The summed E-state index contributed by atoms with van der Waals surface area (Å²) in [5, 5.41) is 38.5. The molecule has 8 atom stereocenters. The molecule has 0 radical (unpaired) electrons. The van der Waals surface area contributed by atoms with Gasteiger partial charge in [-0.05, 0) is 86.5 Å². The van der Waals surface area contributed by atoms with Gasteiger partial charge in [-0.3, -0.25) is 9.59 Å². The monoisotopic (exact) mass is 571 g/mol. The van der Waals surface area contributed by atoms with Crippen molar-refractivity contribution < 1.29 is 34.5 Å². The minimum absolute atomic E-state index is 0.0672. The van der Waals surface area contributed by atoms with Crippen LogP contribution in [0.25, 0.3) is 0 Å². The van der Waals surface area contributed by atoms with Crippen LogP contribution >= 0.6 is 0 Å². The summed E-state index contributed by atoms with van der Waals surface area (Å²) in [7, 11) is 0. The molecule has 4 aliphatic rings. The lowest BCUT2D eigenvalue weighted by atomic mass is 9.46. The van der Waals surface area contributed by atoms with E-state index in [2.05, 4.69) is 41.6 Å². The molecule has 3 fully saturated rings. The van der Waals surface area contributed by atoms with Crippen molar-refractivity contribution in [2.45, 2.75) is 96.7 Å². The van der Waals surface area contributed by atoms with Crippen molar-refractivity contribution in [3.05, 3.63) is 11.6 Å². The van der Waals surface area contributed by atoms with Crippen LogP contribution in [0.15, 0.2) is 16.8 Å². The fourth-order valence-corrected chi connectivity index (χ4v) is 8.27. The average Bonchev–Trinajstić information content (AvgIpc) is 3.20. The van der Waals surface area contributed by atoms with E-state index in [4.69, 9.17) is 21.5 Å². The van der Waals surface area contributed by atoms with Crippen LogP contribution in [0.1, 0.15) is 79.1 Å². The molecule has 0 spiro atoms. The number of rotatable bonds is 9. The SMILES string of the molecule is C#C[C@@]1(O)CC[C@@H]2[C@@H]3CCC4=C/C(=N\OCC(=O)N[C@H](C(=O)N[C@@H](CO)C(=O)O)C(C)C)CC[C@]4(C)[C@@H]3CC[C@@]21C. The predicted octanol–water partition coefficient (Wildman–Crippen LogP) is 2.39. The van der Waals surface area contributed by atoms with E-state index in [9.17, 15) is 19.5 Å². The summed E-state index contributed by atoms with van der Waals surface area (Å²) in [5.41, 5.74) is 1.01. The fraction of sp³-hybridized carbons (Fsp3) is 0.742. The second-order valence-corrected chi connectivity index (χ2v) is 13.2. The molecule has 226 valence electrons. The molecule has 10 heteroatoms. The van der Waals surface area contributed by atoms with Gasteiger partial charge in [-0.2, -0.15) is 0 Å². The summed E-state index contributed by atoms with van der Waals surface area (Å²) < 4.78 is 0. The van der Waals surface area contributed by atoms with Crippen molar-refractivity contribution in [2.75, 3.05) is 13.2 Å². The van der Waals surface area contributed by atoms with Gasteiger partial charge in [-0.15, -0.1) is 6.42 Å². The Kier molecular flexibility index (Phi) is 8.91. The molecule has 0 aromatic rings. The van der Waals surface area contributed by atoms with Gasteiger partial charge in [0.15, 0.2) is 6.61 Å². The van der Waals surface area contributed by atoms with E-state index in [1.807, 2.05) is 0 Å². The average molecular weight is 572 g/mol. The van der Waals surface area contributed by atoms with E-state index < -0.39 is 42.1 Å². The number of terminal acetylenes is 1. The van der Waals surface area contributed by atoms with E-state index in [0.29, 0.717) is 24.2 Å². The number of aliphatic carboxylic acids is 1. The molecule has 3 saturated carbocycles. The summed E-state index contributed by atoms with van der Waals surface area (Å²) in [6.07, 6.45) is 15.3. The summed E-state index contributed by atoms with van der Waals surface area (Å²) in [5.74, 6) is 1.33. The van der Waals surface area contributed by atoms with E-state index in [0.717, 1.165) is 50.7 Å². The molecule has 0 heterocycles. The maximum Gasteiger partial charge on any atom is 0.328 e. The molecular weight excluding hydrogens is 526 g/mol. The fourth-order valence-electron chi connectivity index (χ4n) is 8.27. The van der Waals surface area contributed by atoms with Crippen LogP contribution in [0.3, 0.4) is 0 Å². The first kappa shape index (κ1) is 31.0. The third kappa shape index (κ3) is 5.63. The van der Waals surface area contributed by atoms with Gasteiger partial charge < -0.3 is 30.8 Å². The number of carbonyl (C=O) groups is 3.